The van der Waals surface area contributed by atoms with Crippen LogP contribution >= 0.6 is 11.6 Å². The van der Waals surface area contributed by atoms with Crippen LogP contribution in [-0.4, -0.2) is 5.11 Å². The fourth-order valence-electron chi connectivity index (χ4n) is 1.26. The molecule has 1 heterocycles. The van der Waals surface area contributed by atoms with Crippen LogP contribution in [0.25, 0.3) is 11.3 Å². The molecule has 2 nitrogen and oxygen atoms in total. The normalized spacial score (nSPS) is 10.4. The Labute approximate surface area is 86.7 Å². The van der Waals surface area contributed by atoms with Gasteiger partial charge in [0.15, 0.2) is 0 Å². The maximum absolute atomic E-state index is 8.83. The summed E-state index contributed by atoms with van der Waals surface area (Å²) >= 11 is 5.84. The fraction of sp³-hybridized carbons (Fsp3) is 0.0909. The molecular weight excluding hydrogens is 200 g/mol. The van der Waals surface area contributed by atoms with Gasteiger partial charge in [0.1, 0.15) is 18.1 Å². The number of hydrogen-bond acceptors (Lipinski definition) is 2. The van der Waals surface area contributed by atoms with Gasteiger partial charge in [0.05, 0.1) is 0 Å². The molecule has 1 aromatic carbocycles. The maximum atomic E-state index is 8.83. The molecular formula is C11H9ClO2. The highest BCUT2D eigenvalue weighted by Gasteiger charge is 2.03. The second-order valence-electron chi connectivity index (χ2n) is 2.93. The third-order valence-corrected chi connectivity index (χ3v) is 2.16. The van der Waals surface area contributed by atoms with E-state index in [1.165, 1.54) is 0 Å². The average Bonchev–Trinajstić information content (AvgIpc) is 2.66. The van der Waals surface area contributed by atoms with Crippen molar-refractivity contribution >= 4 is 11.6 Å². The topological polar surface area (TPSA) is 33.4 Å². The summed E-state index contributed by atoms with van der Waals surface area (Å²) in [7, 11) is 0. The molecule has 14 heavy (non-hydrogen) atoms. The Morgan fingerprint density at radius 3 is 2.71 bits per heavy atom. The van der Waals surface area contributed by atoms with Crippen molar-refractivity contribution in [2.24, 2.45) is 0 Å². The lowest BCUT2D eigenvalue weighted by Crippen LogP contribution is -1.75. The molecule has 0 atom stereocenters. The monoisotopic (exact) mass is 208 g/mol. The first-order valence-electron chi connectivity index (χ1n) is 4.25. The number of aliphatic hydroxyl groups is 1. The summed E-state index contributed by atoms with van der Waals surface area (Å²) in [6.45, 7) is -0.0828. The summed E-state index contributed by atoms with van der Waals surface area (Å²) in [4.78, 5) is 0. The van der Waals surface area contributed by atoms with Crippen molar-refractivity contribution in [1.29, 1.82) is 0 Å². The number of furan rings is 1. The lowest BCUT2D eigenvalue weighted by atomic mass is 10.2. The van der Waals surface area contributed by atoms with Crippen LogP contribution in [0.2, 0.25) is 5.02 Å². The van der Waals surface area contributed by atoms with Crippen LogP contribution in [0.3, 0.4) is 0 Å². The zero-order valence-electron chi connectivity index (χ0n) is 7.40. The molecule has 1 N–H and O–H groups in total. The van der Waals surface area contributed by atoms with Crippen molar-refractivity contribution in [3.05, 3.63) is 47.2 Å². The van der Waals surface area contributed by atoms with Gasteiger partial charge in [-0.2, -0.15) is 0 Å². The van der Waals surface area contributed by atoms with E-state index in [4.69, 9.17) is 21.1 Å². The van der Waals surface area contributed by atoms with Gasteiger partial charge in [0.25, 0.3) is 0 Å². The molecule has 3 heteroatoms. The van der Waals surface area contributed by atoms with E-state index >= 15 is 0 Å². The Morgan fingerprint density at radius 1 is 1.21 bits per heavy atom. The number of benzene rings is 1. The minimum atomic E-state index is -0.0828. The maximum Gasteiger partial charge on any atom is 0.134 e. The Kier molecular flexibility index (Phi) is 2.57. The SMILES string of the molecule is OCc1ccc(-c2cccc(Cl)c2)o1. The molecule has 0 radical (unpaired) electrons. The summed E-state index contributed by atoms with van der Waals surface area (Å²) < 4.78 is 5.37. The highest BCUT2D eigenvalue weighted by Crippen LogP contribution is 2.24. The second kappa shape index (κ2) is 3.86. The Bertz CT molecular complexity index is 434. The molecule has 0 aliphatic rings. The van der Waals surface area contributed by atoms with Crippen molar-refractivity contribution < 1.29 is 9.52 Å². The van der Waals surface area contributed by atoms with E-state index in [9.17, 15) is 0 Å². The quantitative estimate of drug-likeness (QED) is 0.823. The van der Waals surface area contributed by atoms with E-state index in [2.05, 4.69) is 0 Å². The minimum absolute atomic E-state index is 0.0828. The smallest absolute Gasteiger partial charge is 0.134 e. The van der Waals surface area contributed by atoms with Crippen molar-refractivity contribution in [3.8, 4) is 11.3 Å². The van der Waals surface area contributed by atoms with Crippen LogP contribution in [0.4, 0.5) is 0 Å². The van der Waals surface area contributed by atoms with Gasteiger partial charge in [-0.1, -0.05) is 23.7 Å². The van der Waals surface area contributed by atoms with Crippen molar-refractivity contribution in [3.63, 3.8) is 0 Å². The van der Waals surface area contributed by atoms with Gasteiger partial charge >= 0.3 is 0 Å². The van der Waals surface area contributed by atoms with E-state index < -0.39 is 0 Å². The summed E-state index contributed by atoms with van der Waals surface area (Å²) in [5.74, 6) is 1.27. The molecule has 0 bridgehead atoms. The molecule has 0 saturated carbocycles. The average molecular weight is 209 g/mol. The highest BCUT2D eigenvalue weighted by molar-refractivity contribution is 6.30. The third kappa shape index (κ3) is 1.81. The number of aliphatic hydroxyl groups excluding tert-OH is 1. The zero-order chi connectivity index (χ0) is 9.97. The zero-order valence-corrected chi connectivity index (χ0v) is 8.16. The van der Waals surface area contributed by atoms with Gasteiger partial charge in [-0.15, -0.1) is 0 Å². The molecule has 0 aliphatic heterocycles. The molecule has 0 amide bonds. The largest absolute Gasteiger partial charge is 0.459 e. The predicted molar refractivity (Wildman–Crippen MR) is 55.1 cm³/mol. The van der Waals surface area contributed by atoms with Crippen LogP contribution in [0, 0.1) is 0 Å². The highest BCUT2D eigenvalue weighted by atomic mass is 35.5. The molecule has 0 spiro atoms. The molecule has 0 fully saturated rings. The second-order valence-corrected chi connectivity index (χ2v) is 3.37. The minimum Gasteiger partial charge on any atom is -0.459 e. The van der Waals surface area contributed by atoms with Gasteiger partial charge in [-0.3, -0.25) is 0 Å². The van der Waals surface area contributed by atoms with Crippen molar-refractivity contribution in [2.45, 2.75) is 6.61 Å². The lowest BCUT2D eigenvalue weighted by molar-refractivity contribution is 0.248. The Hall–Kier alpha value is -1.25. The van der Waals surface area contributed by atoms with E-state index in [1.807, 2.05) is 24.3 Å². The summed E-state index contributed by atoms with van der Waals surface area (Å²) in [6.07, 6.45) is 0. The van der Waals surface area contributed by atoms with Gasteiger partial charge < -0.3 is 9.52 Å². The lowest BCUT2D eigenvalue weighted by Gasteiger charge is -1.96. The van der Waals surface area contributed by atoms with E-state index in [0.717, 1.165) is 11.3 Å². The van der Waals surface area contributed by atoms with Crippen molar-refractivity contribution in [2.75, 3.05) is 0 Å². The van der Waals surface area contributed by atoms with Crippen LogP contribution in [0.15, 0.2) is 40.8 Å². The Morgan fingerprint density at radius 2 is 2.07 bits per heavy atom. The fourth-order valence-corrected chi connectivity index (χ4v) is 1.45. The number of hydrogen-bond donors (Lipinski definition) is 1. The van der Waals surface area contributed by atoms with E-state index in [0.29, 0.717) is 10.8 Å². The molecule has 0 saturated heterocycles. The first kappa shape index (κ1) is 9.31. The molecule has 2 rings (SSSR count). The molecule has 0 unspecified atom stereocenters. The van der Waals surface area contributed by atoms with E-state index in [1.54, 1.807) is 12.1 Å². The van der Waals surface area contributed by atoms with Crippen molar-refractivity contribution in [1.82, 2.24) is 0 Å². The Balaban J connectivity index is 2.39. The molecule has 72 valence electrons. The van der Waals surface area contributed by atoms with Gasteiger partial charge in [0.2, 0.25) is 0 Å². The van der Waals surface area contributed by atoms with E-state index in [-0.39, 0.29) is 6.61 Å². The van der Waals surface area contributed by atoms with Crippen LogP contribution < -0.4 is 0 Å². The molecule has 0 aliphatic carbocycles. The first-order valence-corrected chi connectivity index (χ1v) is 4.63. The summed E-state index contributed by atoms with van der Waals surface area (Å²) in [5, 5.41) is 9.50. The van der Waals surface area contributed by atoms with Crippen LogP contribution in [0.1, 0.15) is 5.76 Å². The van der Waals surface area contributed by atoms with Gasteiger partial charge in [-0.05, 0) is 24.3 Å². The van der Waals surface area contributed by atoms with Crippen LogP contribution in [-0.2, 0) is 6.61 Å². The third-order valence-electron chi connectivity index (χ3n) is 1.93. The number of halogens is 1. The standard InChI is InChI=1S/C11H9ClO2/c12-9-3-1-2-8(6-9)11-5-4-10(7-13)14-11/h1-6,13H,7H2. The van der Waals surface area contributed by atoms with Gasteiger partial charge in [0, 0.05) is 10.6 Å². The molecule has 1 aromatic heterocycles. The number of rotatable bonds is 2. The summed E-state index contributed by atoms with van der Waals surface area (Å²) in [5.41, 5.74) is 0.914. The van der Waals surface area contributed by atoms with Crippen LogP contribution in [0.5, 0.6) is 0 Å². The first-order chi connectivity index (χ1) is 6.79. The molecule has 2 aromatic rings. The summed E-state index contributed by atoms with van der Waals surface area (Å²) in [6, 6.07) is 11.0. The van der Waals surface area contributed by atoms with Gasteiger partial charge in [-0.25, -0.2) is 0 Å². The predicted octanol–water partition coefficient (Wildman–Crippen LogP) is 3.09.